The molecule has 3 aromatic rings. The van der Waals surface area contributed by atoms with E-state index in [4.69, 9.17) is 0 Å². The molecule has 1 aromatic carbocycles. The number of benzene rings is 1. The highest BCUT2D eigenvalue weighted by atomic mass is 19.1. The number of halogens is 2. The Bertz CT molecular complexity index is 1290. The van der Waals surface area contributed by atoms with Gasteiger partial charge in [0.25, 0.3) is 17.4 Å². The lowest BCUT2D eigenvalue weighted by molar-refractivity contribution is -0.277. The Labute approximate surface area is 200 Å². The monoisotopic (exact) mass is 490 g/mol. The summed E-state index contributed by atoms with van der Waals surface area (Å²) in [5.74, 6) is -4.91. The summed E-state index contributed by atoms with van der Waals surface area (Å²) >= 11 is 0. The molecule has 0 radical (unpaired) electrons. The predicted molar refractivity (Wildman–Crippen MR) is 127 cm³/mol. The number of anilines is 1. The molecule has 0 saturated carbocycles. The van der Waals surface area contributed by atoms with Gasteiger partial charge in [0.2, 0.25) is 5.95 Å². The maximum absolute atomic E-state index is 15.1. The van der Waals surface area contributed by atoms with Crippen molar-refractivity contribution in [3.8, 4) is 0 Å². The molecule has 1 amide bonds. The van der Waals surface area contributed by atoms with Crippen LogP contribution in [0.15, 0.2) is 35.1 Å². The molecule has 1 fully saturated rings. The highest BCUT2D eigenvalue weighted by molar-refractivity contribution is 5.92. The number of nitrogens with two attached hydrogens (primary N) is 1. The SMILES string of the molecule is CN.CNC(=O)c1ccc(N2CCN(C(O)(O)c3ccc4cc(C)c(=O)[nH]c4c3F)CC2)c(F)n1. The third-order valence-electron chi connectivity index (χ3n) is 5.85. The Balaban J connectivity index is 0.00000167. The molecule has 188 valence electrons. The highest BCUT2D eigenvalue weighted by Crippen LogP contribution is 2.31. The van der Waals surface area contributed by atoms with Gasteiger partial charge in [-0.25, -0.2) is 14.3 Å². The van der Waals surface area contributed by atoms with Crippen molar-refractivity contribution in [3.63, 3.8) is 0 Å². The molecule has 0 spiro atoms. The smallest absolute Gasteiger partial charge is 0.269 e. The largest absolute Gasteiger partial charge is 0.365 e. The maximum Gasteiger partial charge on any atom is 0.269 e. The number of hydrogen-bond acceptors (Lipinski definition) is 8. The van der Waals surface area contributed by atoms with Crippen LogP contribution in [0.3, 0.4) is 0 Å². The van der Waals surface area contributed by atoms with Gasteiger partial charge in [0, 0.05) is 44.2 Å². The molecule has 0 aliphatic carbocycles. The number of hydrogen-bond donors (Lipinski definition) is 5. The van der Waals surface area contributed by atoms with Gasteiger partial charge in [0.1, 0.15) is 5.69 Å². The van der Waals surface area contributed by atoms with Crippen LogP contribution in [0.5, 0.6) is 0 Å². The van der Waals surface area contributed by atoms with Crippen molar-refractivity contribution in [2.45, 2.75) is 12.8 Å². The molecule has 3 heterocycles. The van der Waals surface area contributed by atoms with Crippen LogP contribution in [0.25, 0.3) is 10.9 Å². The number of aromatic amines is 1. The average molecular weight is 491 g/mol. The lowest BCUT2D eigenvalue weighted by Crippen LogP contribution is -2.56. The summed E-state index contributed by atoms with van der Waals surface area (Å²) in [5, 5.41) is 24.4. The molecule has 2 aromatic heterocycles. The summed E-state index contributed by atoms with van der Waals surface area (Å²) in [6.07, 6.45) is 0. The van der Waals surface area contributed by atoms with E-state index in [0.717, 1.165) is 0 Å². The molecule has 35 heavy (non-hydrogen) atoms. The zero-order chi connectivity index (χ0) is 25.9. The number of aromatic nitrogens is 2. The third kappa shape index (κ3) is 5.00. The molecule has 10 nitrogen and oxygen atoms in total. The van der Waals surface area contributed by atoms with Crippen molar-refractivity contribution in [2.75, 3.05) is 45.2 Å². The Morgan fingerprint density at radius 3 is 2.40 bits per heavy atom. The van der Waals surface area contributed by atoms with Crippen molar-refractivity contribution in [2.24, 2.45) is 5.73 Å². The van der Waals surface area contributed by atoms with E-state index in [-0.39, 0.29) is 43.1 Å². The molecule has 1 saturated heterocycles. The number of pyridine rings is 2. The summed E-state index contributed by atoms with van der Waals surface area (Å²) in [5.41, 5.74) is 4.06. The zero-order valence-corrected chi connectivity index (χ0v) is 19.6. The number of aryl methyl sites for hydroxylation is 1. The fourth-order valence-electron chi connectivity index (χ4n) is 3.96. The molecular weight excluding hydrogens is 462 g/mol. The molecule has 1 aliphatic rings. The summed E-state index contributed by atoms with van der Waals surface area (Å²) in [4.78, 5) is 32.5. The van der Waals surface area contributed by atoms with Crippen LogP contribution in [-0.2, 0) is 5.91 Å². The van der Waals surface area contributed by atoms with Crippen LogP contribution in [0, 0.1) is 18.7 Å². The normalized spacial score (nSPS) is 14.5. The van der Waals surface area contributed by atoms with E-state index in [0.29, 0.717) is 10.9 Å². The van der Waals surface area contributed by atoms with Gasteiger partial charge in [-0.15, -0.1) is 0 Å². The molecule has 0 unspecified atom stereocenters. The lowest BCUT2D eigenvalue weighted by atomic mass is 10.0. The minimum atomic E-state index is -2.65. The van der Waals surface area contributed by atoms with Crippen molar-refractivity contribution in [1.29, 1.82) is 0 Å². The molecule has 1 aliphatic heterocycles. The van der Waals surface area contributed by atoms with Crippen LogP contribution in [0.1, 0.15) is 21.6 Å². The van der Waals surface area contributed by atoms with E-state index < -0.39 is 34.7 Å². The highest BCUT2D eigenvalue weighted by Gasteiger charge is 2.39. The van der Waals surface area contributed by atoms with E-state index in [1.165, 1.54) is 49.3 Å². The van der Waals surface area contributed by atoms with Gasteiger partial charge in [0.15, 0.2) is 5.82 Å². The first-order valence-corrected chi connectivity index (χ1v) is 10.9. The average Bonchev–Trinajstić information content (AvgIpc) is 2.86. The van der Waals surface area contributed by atoms with Crippen LogP contribution in [-0.4, -0.2) is 71.3 Å². The van der Waals surface area contributed by atoms with Crippen molar-refractivity contribution in [3.05, 3.63) is 69.3 Å². The molecular formula is C23H28F2N6O4. The molecule has 6 N–H and O–H groups in total. The Kier molecular flexibility index (Phi) is 7.80. The standard InChI is InChI=1S/C22H23F2N5O4.CH5N/c1-12-11-13-3-4-14(17(23)18(13)27-20(12)30)22(32,33)29-9-7-28(8-10-29)16-6-5-15(21(31)25-2)26-19(16)24;1-2/h3-6,11,32-33H,7-10H2,1-2H3,(H,25,31)(H,27,30);2H2,1H3. The van der Waals surface area contributed by atoms with E-state index >= 15 is 4.39 Å². The number of piperazine rings is 1. The number of nitrogens with zero attached hydrogens (tertiary/aromatic N) is 3. The van der Waals surface area contributed by atoms with Gasteiger partial charge in [-0.1, -0.05) is 6.07 Å². The number of fused-ring (bicyclic) bond motifs is 1. The topological polar surface area (TPSA) is 148 Å². The van der Waals surface area contributed by atoms with Crippen molar-refractivity contribution >= 4 is 22.5 Å². The fraction of sp³-hybridized carbons (Fsp3) is 0.348. The fourth-order valence-corrected chi connectivity index (χ4v) is 3.96. The van der Waals surface area contributed by atoms with Gasteiger partial charge < -0.3 is 31.1 Å². The molecule has 0 atom stereocenters. The molecule has 0 bridgehead atoms. The summed E-state index contributed by atoms with van der Waals surface area (Å²) in [7, 11) is 2.92. The van der Waals surface area contributed by atoms with Crippen molar-refractivity contribution in [1.82, 2.24) is 20.2 Å². The van der Waals surface area contributed by atoms with E-state index in [9.17, 15) is 24.2 Å². The number of H-pyrrole nitrogens is 1. The van der Waals surface area contributed by atoms with Gasteiger partial charge in [-0.2, -0.15) is 4.39 Å². The first-order valence-electron chi connectivity index (χ1n) is 10.9. The van der Waals surface area contributed by atoms with Crippen LogP contribution >= 0.6 is 0 Å². The minimum absolute atomic E-state index is 0.0536. The Morgan fingerprint density at radius 1 is 1.14 bits per heavy atom. The number of aliphatic hydroxyl groups is 2. The second kappa shape index (κ2) is 10.4. The summed E-state index contributed by atoms with van der Waals surface area (Å²) in [6.45, 7) is 2.14. The van der Waals surface area contributed by atoms with Gasteiger partial charge in [0.05, 0.1) is 16.8 Å². The first kappa shape index (κ1) is 26.2. The maximum atomic E-state index is 15.1. The van der Waals surface area contributed by atoms with Gasteiger partial charge >= 0.3 is 0 Å². The minimum Gasteiger partial charge on any atom is -0.365 e. The Morgan fingerprint density at radius 2 is 1.80 bits per heavy atom. The molecule has 12 heteroatoms. The van der Waals surface area contributed by atoms with Gasteiger partial charge in [-0.05, 0) is 38.2 Å². The molecule has 4 rings (SSSR count). The quantitative estimate of drug-likeness (QED) is 0.260. The predicted octanol–water partition coefficient (Wildman–Crippen LogP) is 0.361. The van der Waals surface area contributed by atoms with Gasteiger partial charge in [-0.3, -0.25) is 9.59 Å². The summed E-state index contributed by atoms with van der Waals surface area (Å²) in [6, 6.07) is 7.13. The van der Waals surface area contributed by atoms with E-state index in [2.05, 4.69) is 21.0 Å². The third-order valence-corrected chi connectivity index (χ3v) is 5.85. The number of amides is 1. The van der Waals surface area contributed by atoms with E-state index in [1.807, 2.05) is 0 Å². The first-order chi connectivity index (χ1) is 16.6. The van der Waals surface area contributed by atoms with Crippen LogP contribution in [0.4, 0.5) is 14.5 Å². The van der Waals surface area contributed by atoms with E-state index in [1.54, 1.807) is 11.8 Å². The number of carbonyl (C=O) groups excluding carboxylic acids is 1. The summed E-state index contributed by atoms with van der Waals surface area (Å²) < 4.78 is 29.6. The van der Waals surface area contributed by atoms with Crippen molar-refractivity contribution < 1.29 is 23.8 Å². The number of rotatable bonds is 4. The zero-order valence-electron chi connectivity index (χ0n) is 19.6. The number of nitrogens with one attached hydrogen (secondary N) is 2. The second-order valence-electron chi connectivity index (χ2n) is 7.87. The van der Waals surface area contributed by atoms with Crippen LogP contribution in [0.2, 0.25) is 0 Å². The Hall–Kier alpha value is -3.45. The number of carbonyl (C=O) groups is 1. The lowest BCUT2D eigenvalue weighted by Gasteiger charge is -2.42. The second-order valence-corrected chi connectivity index (χ2v) is 7.87. The van der Waals surface area contributed by atoms with Crippen LogP contribution < -0.4 is 21.5 Å².